The van der Waals surface area contributed by atoms with Crippen molar-refractivity contribution in [1.82, 2.24) is 15.3 Å². The molecule has 1 spiro atoms. The van der Waals surface area contributed by atoms with Gasteiger partial charge in [-0.15, -0.1) is 0 Å². The summed E-state index contributed by atoms with van der Waals surface area (Å²) >= 11 is 0. The van der Waals surface area contributed by atoms with E-state index >= 15 is 0 Å². The molecular formula is C27H37N5O2S. The molecule has 1 saturated heterocycles. The number of aryl methyl sites for hydroxylation is 1. The molecule has 1 aromatic heterocycles. The van der Waals surface area contributed by atoms with Gasteiger partial charge in [0.05, 0.1) is 16.2 Å². The van der Waals surface area contributed by atoms with Gasteiger partial charge in [0.25, 0.3) is 0 Å². The lowest BCUT2D eigenvalue weighted by Crippen LogP contribution is -2.49. The third-order valence-corrected chi connectivity index (χ3v) is 10.1. The monoisotopic (exact) mass is 495 g/mol. The number of rotatable bonds is 6. The zero-order valence-electron chi connectivity index (χ0n) is 21.5. The predicted octanol–water partition coefficient (Wildman–Crippen LogP) is 4.59. The molecule has 8 heteroatoms. The van der Waals surface area contributed by atoms with Crippen LogP contribution >= 0.6 is 0 Å². The van der Waals surface area contributed by atoms with E-state index in [1.165, 1.54) is 12.8 Å². The van der Waals surface area contributed by atoms with Crippen LogP contribution in [0.2, 0.25) is 0 Å². The molecule has 2 aromatic rings. The number of piperidine rings is 1. The summed E-state index contributed by atoms with van der Waals surface area (Å²) in [5, 5.41) is 7.02. The molecule has 5 rings (SSSR count). The number of benzene rings is 1. The van der Waals surface area contributed by atoms with Crippen LogP contribution in [0.1, 0.15) is 70.9 Å². The molecule has 1 amide bonds. The Kier molecular flexibility index (Phi) is 6.24. The number of amides is 1. The van der Waals surface area contributed by atoms with Crippen LogP contribution in [0.15, 0.2) is 29.3 Å². The molecule has 2 fully saturated rings. The van der Waals surface area contributed by atoms with Crippen LogP contribution in [-0.2, 0) is 21.0 Å². The molecule has 1 aromatic carbocycles. The van der Waals surface area contributed by atoms with E-state index in [1.54, 1.807) is 6.20 Å². The van der Waals surface area contributed by atoms with Crippen molar-refractivity contribution < 1.29 is 9.00 Å². The van der Waals surface area contributed by atoms with Gasteiger partial charge in [-0.3, -0.25) is 13.9 Å². The minimum Gasteiger partial charge on any atom is -0.324 e. The number of hydrogen-bond donors (Lipinski definition) is 2. The Hall–Kier alpha value is -2.32. The van der Waals surface area contributed by atoms with Gasteiger partial charge in [0.2, 0.25) is 11.9 Å². The fourth-order valence-corrected chi connectivity index (χ4v) is 7.69. The van der Waals surface area contributed by atoms with Crippen LogP contribution in [0.25, 0.3) is 0 Å². The first-order chi connectivity index (χ1) is 16.6. The molecule has 3 aliphatic rings. The summed E-state index contributed by atoms with van der Waals surface area (Å²) < 4.78 is 13.2. The third-order valence-electron chi connectivity index (χ3n) is 8.42. The van der Waals surface area contributed by atoms with E-state index in [9.17, 15) is 9.00 Å². The lowest BCUT2D eigenvalue weighted by atomic mass is 9.63. The minimum absolute atomic E-state index is 0.0669. The van der Waals surface area contributed by atoms with Crippen LogP contribution in [0.5, 0.6) is 0 Å². The van der Waals surface area contributed by atoms with Crippen LogP contribution in [0.4, 0.5) is 17.5 Å². The van der Waals surface area contributed by atoms with Crippen molar-refractivity contribution in [2.45, 2.75) is 88.3 Å². The van der Waals surface area contributed by atoms with Crippen LogP contribution < -0.4 is 15.5 Å². The Morgan fingerprint density at radius 2 is 1.97 bits per heavy atom. The van der Waals surface area contributed by atoms with Crippen molar-refractivity contribution in [3.8, 4) is 0 Å². The van der Waals surface area contributed by atoms with Crippen molar-refractivity contribution in [3.05, 3.63) is 35.5 Å². The molecule has 1 aliphatic carbocycles. The number of anilines is 3. The SMILES string of the molecule is CCC(C)N1C(=O)C(C)(C)c2cnc(Nc3ccc(S(=O)C4CC5(CCNCC5)C4)cc3C)nc21. The first-order valence-corrected chi connectivity index (χ1v) is 14.1. The topological polar surface area (TPSA) is 87.2 Å². The molecule has 188 valence electrons. The van der Waals surface area contributed by atoms with Crippen molar-refractivity contribution in [2.75, 3.05) is 23.3 Å². The van der Waals surface area contributed by atoms with E-state index in [2.05, 4.69) is 29.5 Å². The number of hydrogen-bond acceptors (Lipinski definition) is 6. The van der Waals surface area contributed by atoms with Gasteiger partial charge in [0.1, 0.15) is 5.82 Å². The Bertz CT molecular complexity index is 1170. The number of carbonyl (C=O) groups excluding carboxylic acids is 1. The van der Waals surface area contributed by atoms with E-state index in [0.29, 0.717) is 17.2 Å². The first kappa shape index (κ1) is 24.4. The Balaban J connectivity index is 1.32. The molecular weight excluding hydrogens is 458 g/mol. The maximum atomic E-state index is 13.2. The summed E-state index contributed by atoms with van der Waals surface area (Å²) in [5.74, 6) is 1.23. The molecule has 35 heavy (non-hydrogen) atoms. The number of fused-ring (bicyclic) bond motifs is 1. The van der Waals surface area contributed by atoms with Gasteiger partial charge < -0.3 is 10.6 Å². The molecule has 0 radical (unpaired) electrons. The highest BCUT2D eigenvalue weighted by atomic mass is 32.2. The van der Waals surface area contributed by atoms with E-state index in [-0.39, 0.29) is 17.2 Å². The second-order valence-corrected chi connectivity index (χ2v) is 12.9. The molecule has 0 bridgehead atoms. The Morgan fingerprint density at radius 1 is 1.26 bits per heavy atom. The normalized spacial score (nSPS) is 22.5. The highest BCUT2D eigenvalue weighted by Gasteiger charge is 2.48. The molecule has 2 N–H and O–H groups in total. The fraction of sp³-hybridized carbons (Fsp3) is 0.593. The third kappa shape index (κ3) is 4.18. The number of aromatic nitrogens is 2. The number of carbonyl (C=O) groups is 1. The number of nitrogens with one attached hydrogen (secondary N) is 2. The number of nitrogens with zero attached hydrogens (tertiary/aromatic N) is 3. The molecule has 2 aliphatic heterocycles. The summed E-state index contributed by atoms with van der Waals surface area (Å²) in [4.78, 5) is 25.1. The molecule has 3 heterocycles. The van der Waals surface area contributed by atoms with E-state index in [0.717, 1.165) is 54.1 Å². The summed E-state index contributed by atoms with van der Waals surface area (Å²) in [6.07, 6.45) is 7.19. The van der Waals surface area contributed by atoms with Gasteiger partial charge in [-0.1, -0.05) is 6.92 Å². The second kappa shape index (κ2) is 8.96. The van der Waals surface area contributed by atoms with E-state index in [4.69, 9.17) is 4.98 Å². The standard InChI is InChI=1S/C27H37N5O2S/c1-6-18(3)32-23-21(26(4,5)24(32)33)16-29-25(31-23)30-22-8-7-19(13-17(22)2)35(34)20-14-27(15-20)9-11-28-12-10-27/h7-8,13,16,18,20,28H,6,9-12,14-15H2,1-5H3,(H,29,30,31). The van der Waals surface area contributed by atoms with Crippen LogP contribution in [0, 0.1) is 12.3 Å². The molecule has 2 unspecified atom stereocenters. The maximum Gasteiger partial charge on any atom is 0.238 e. The molecule has 1 saturated carbocycles. The Labute approximate surface area is 211 Å². The van der Waals surface area contributed by atoms with Crippen LogP contribution in [0.3, 0.4) is 0 Å². The highest BCUT2D eigenvalue weighted by Crippen LogP contribution is 2.51. The zero-order chi connectivity index (χ0) is 25.0. The fourth-order valence-electron chi connectivity index (χ4n) is 5.80. The van der Waals surface area contributed by atoms with E-state index in [1.807, 2.05) is 43.9 Å². The maximum absolute atomic E-state index is 13.2. The van der Waals surface area contributed by atoms with Crippen LogP contribution in [-0.4, -0.2) is 44.5 Å². The lowest BCUT2D eigenvalue weighted by molar-refractivity contribution is -0.122. The van der Waals surface area contributed by atoms with Gasteiger partial charge in [0, 0.05) is 33.6 Å². The van der Waals surface area contributed by atoms with E-state index < -0.39 is 16.2 Å². The predicted molar refractivity (Wildman–Crippen MR) is 141 cm³/mol. The lowest BCUT2D eigenvalue weighted by Gasteiger charge is -2.49. The smallest absolute Gasteiger partial charge is 0.238 e. The van der Waals surface area contributed by atoms with Crippen molar-refractivity contribution in [1.29, 1.82) is 0 Å². The van der Waals surface area contributed by atoms with Gasteiger partial charge in [-0.2, -0.15) is 4.98 Å². The molecule has 2 atom stereocenters. The Morgan fingerprint density at radius 3 is 2.63 bits per heavy atom. The van der Waals surface area contributed by atoms with Gasteiger partial charge in [-0.05, 0) is 102 Å². The van der Waals surface area contributed by atoms with Gasteiger partial charge >= 0.3 is 0 Å². The summed E-state index contributed by atoms with van der Waals surface area (Å²) in [7, 11) is -0.982. The summed E-state index contributed by atoms with van der Waals surface area (Å²) in [6.45, 7) is 12.2. The minimum atomic E-state index is -0.982. The quantitative estimate of drug-likeness (QED) is 0.610. The first-order valence-electron chi connectivity index (χ1n) is 12.9. The summed E-state index contributed by atoms with van der Waals surface area (Å²) in [6, 6.07) is 6.03. The van der Waals surface area contributed by atoms with Gasteiger partial charge in [0.15, 0.2) is 0 Å². The second-order valence-electron chi connectivity index (χ2n) is 11.2. The van der Waals surface area contributed by atoms with Crippen molar-refractivity contribution in [3.63, 3.8) is 0 Å². The largest absolute Gasteiger partial charge is 0.324 e. The summed E-state index contributed by atoms with van der Waals surface area (Å²) in [5.41, 5.74) is 2.54. The zero-order valence-corrected chi connectivity index (χ0v) is 22.3. The van der Waals surface area contributed by atoms with Crippen molar-refractivity contribution >= 4 is 34.2 Å². The van der Waals surface area contributed by atoms with Crippen molar-refractivity contribution in [2.24, 2.45) is 5.41 Å². The highest BCUT2D eigenvalue weighted by molar-refractivity contribution is 7.85. The average molecular weight is 496 g/mol. The van der Waals surface area contributed by atoms with Gasteiger partial charge in [-0.25, -0.2) is 4.98 Å². The molecule has 7 nitrogen and oxygen atoms in total. The average Bonchev–Trinajstić information content (AvgIpc) is 3.03.